The molecule has 2 aliphatic heterocycles. The molecule has 2 rings (SSSR count). The lowest BCUT2D eigenvalue weighted by atomic mass is 10.1. The molecule has 2 heterocycles. The van der Waals surface area contributed by atoms with E-state index in [2.05, 4.69) is 47.2 Å². The van der Waals surface area contributed by atoms with Crippen LogP contribution in [0.2, 0.25) is 0 Å². The summed E-state index contributed by atoms with van der Waals surface area (Å²) in [5.74, 6) is -2.86. The van der Waals surface area contributed by atoms with E-state index in [0.717, 1.165) is 0 Å². The van der Waals surface area contributed by atoms with Gasteiger partial charge in [0, 0.05) is 12.0 Å². The van der Waals surface area contributed by atoms with E-state index in [1.54, 1.807) is 0 Å². The van der Waals surface area contributed by atoms with Gasteiger partial charge in [0.15, 0.2) is 0 Å². The molecule has 1 saturated heterocycles. The number of aliphatic carboxylic acids is 1. The minimum atomic E-state index is -1.10. The van der Waals surface area contributed by atoms with Crippen LogP contribution in [0.4, 0.5) is 0 Å². The second-order valence-corrected chi connectivity index (χ2v) is 8.81. The Hall–Kier alpha value is -1.40. The first-order chi connectivity index (χ1) is 11.3. The molecule has 130 valence electrons. The molecule has 2 atom stereocenters. The zero-order chi connectivity index (χ0) is 18.0. The number of Topliss-reactive ketones (excluding diaryl/α,β-unsaturated/α-hetero) is 1. The lowest BCUT2D eigenvalue weighted by Gasteiger charge is -2.46. The van der Waals surface area contributed by atoms with Crippen LogP contribution < -0.4 is 5.32 Å². The van der Waals surface area contributed by atoms with Crippen LogP contribution in [0.25, 0.3) is 0 Å². The van der Waals surface area contributed by atoms with Crippen LogP contribution in [0.3, 0.4) is 0 Å². The minimum absolute atomic E-state index is 0.104. The molecule has 1 unspecified atom stereocenters. The predicted octanol–water partition coefficient (Wildman–Crippen LogP) is 0.0422. The van der Waals surface area contributed by atoms with Crippen LogP contribution in [0.15, 0.2) is 16.9 Å². The number of carbonyl (C=O) groups excluding carboxylic acids is 3. The molecule has 0 radical (unpaired) electrons. The number of nitrogens with one attached hydrogen (secondary N) is 1. The number of β-lactam (4-membered cyclic amide) rings is 1. The fourth-order valence-corrected chi connectivity index (χ4v) is 3.72. The van der Waals surface area contributed by atoms with Crippen LogP contribution in [0.1, 0.15) is 0 Å². The molecule has 2 aliphatic rings. The summed E-state index contributed by atoms with van der Waals surface area (Å²) >= 11 is 7.15. The van der Waals surface area contributed by atoms with Gasteiger partial charge in [-0.2, -0.15) is 0 Å². The third-order valence-corrected chi connectivity index (χ3v) is 5.33. The Labute approximate surface area is 157 Å². The number of carbonyl (C=O) groups is 4. The first-order valence-electron chi connectivity index (χ1n) is 6.40. The van der Waals surface area contributed by atoms with E-state index in [0.29, 0.717) is 0 Å². The van der Waals surface area contributed by atoms with E-state index < -0.39 is 44.4 Å². The second kappa shape index (κ2) is 7.66. The summed E-state index contributed by atoms with van der Waals surface area (Å²) in [6, 6.07) is -0.868. The summed E-state index contributed by atoms with van der Waals surface area (Å²) in [5.41, 5.74) is -0.391. The van der Waals surface area contributed by atoms with Crippen LogP contribution >= 0.6 is 43.6 Å². The standard InChI is InChI=1S/C12H11Br2N3O6S/c1-23-16-5(7(18)8(13)14)9(19)15-6-10(20)17-2-4(12(21)22)3-24-11(6)17/h2,6,8,11H,3H2,1H3,(H,15,19)(H,21,22)/t6?,11-/m1/s1. The molecule has 2 amide bonds. The van der Waals surface area contributed by atoms with Gasteiger partial charge in [-0.3, -0.25) is 14.4 Å². The summed E-state index contributed by atoms with van der Waals surface area (Å²) in [7, 11) is 1.18. The van der Waals surface area contributed by atoms with Gasteiger partial charge in [0.25, 0.3) is 11.8 Å². The molecule has 0 aromatic carbocycles. The van der Waals surface area contributed by atoms with Gasteiger partial charge in [-0.05, 0) is 0 Å². The largest absolute Gasteiger partial charge is 0.478 e. The van der Waals surface area contributed by atoms with E-state index in [-0.39, 0.29) is 11.3 Å². The summed E-state index contributed by atoms with van der Waals surface area (Å²) in [6.45, 7) is 0. The Morgan fingerprint density at radius 1 is 1.50 bits per heavy atom. The highest BCUT2D eigenvalue weighted by molar-refractivity contribution is 9.25. The number of nitrogens with zero attached hydrogens (tertiary/aromatic N) is 2. The number of halogens is 2. The summed E-state index contributed by atoms with van der Waals surface area (Å²) < 4.78 is -0.830. The number of carboxylic acids is 1. The molecule has 24 heavy (non-hydrogen) atoms. The highest BCUT2D eigenvalue weighted by atomic mass is 79.9. The van der Waals surface area contributed by atoms with Gasteiger partial charge in [-0.15, -0.1) is 11.8 Å². The molecule has 0 aromatic heterocycles. The summed E-state index contributed by atoms with van der Waals surface area (Å²) in [4.78, 5) is 52.8. The lowest BCUT2D eigenvalue weighted by molar-refractivity contribution is -0.144. The maximum Gasteiger partial charge on any atom is 0.333 e. The third kappa shape index (κ3) is 3.64. The number of carboxylic acid groups (broad SMARTS) is 1. The van der Waals surface area contributed by atoms with Crippen molar-refractivity contribution >= 4 is 72.9 Å². The molecular formula is C12H11Br2N3O6S. The number of rotatable bonds is 6. The van der Waals surface area contributed by atoms with Gasteiger partial charge >= 0.3 is 5.97 Å². The van der Waals surface area contributed by atoms with Gasteiger partial charge in [-0.1, -0.05) is 37.0 Å². The van der Waals surface area contributed by atoms with Crippen molar-refractivity contribution in [2.75, 3.05) is 12.9 Å². The number of oxime groups is 1. The fraction of sp³-hybridized carbons (Fsp3) is 0.417. The Morgan fingerprint density at radius 3 is 2.71 bits per heavy atom. The molecule has 0 aliphatic carbocycles. The van der Waals surface area contributed by atoms with Gasteiger partial charge in [-0.25, -0.2) is 4.79 Å². The number of hydrogen-bond acceptors (Lipinski definition) is 7. The van der Waals surface area contributed by atoms with E-state index in [9.17, 15) is 19.2 Å². The molecule has 12 heteroatoms. The van der Waals surface area contributed by atoms with Crippen LogP contribution in [-0.2, 0) is 24.0 Å². The van der Waals surface area contributed by atoms with Crippen molar-refractivity contribution in [1.29, 1.82) is 0 Å². The lowest BCUT2D eigenvalue weighted by Crippen LogP contribution is -2.69. The topological polar surface area (TPSA) is 125 Å². The van der Waals surface area contributed by atoms with Crippen molar-refractivity contribution in [2.24, 2.45) is 5.16 Å². The molecule has 0 spiro atoms. The Morgan fingerprint density at radius 2 is 2.17 bits per heavy atom. The molecular weight excluding hydrogens is 474 g/mol. The molecule has 0 bridgehead atoms. The maximum absolute atomic E-state index is 12.2. The zero-order valence-electron chi connectivity index (χ0n) is 12.1. The van der Waals surface area contributed by atoms with Crippen molar-refractivity contribution in [3.63, 3.8) is 0 Å². The Kier molecular flexibility index (Phi) is 6.04. The Bertz CT molecular complexity index is 665. The van der Waals surface area contributed by atoms with E-state index in [1.807, 2.05) is 0 Å². The highest BCUT2D eigenvalue weighted by Crippen LogP contribution is 2.36. The van der Waals surface area contributed by atoms with Crippen molar-refractivity contribution in [3.05, 3.63) is 11.8 Å². The number of hydrogen-bond donors (Lipinski definition) is 2. The van der Waals surface area contributed by atoms with Crippen LogP contribution in [-0.4, -0.2) is 67.3 Å². The van der Waals surface area contributed by atoms with Crippen molar-refractivity contribution in [2.45, 2.75) is 15.2 Å². The van der Waals surface area contributed by atoms with E-state index >= 15 is 0 Å². The average molecular weight is 485 g/mol. The highest BCUT2D eigenvalue weighted by Gasteiger charge is 2.50. The smallest absolute Gasteiger partial charge is 0.333 e. The quantitative estimate of drug-likeness (QED) is 0.179. The maximum atomic E-state index is 12.2. The zero-order valence-corrected chi connectivity index (χ0v) is 16.1. The van der Waals surface area contributed by atoms with E-state index in [1.165, 1.54) is 30.0 Å². The second-order valence-electron chi connectivity index (χ2n) is 4.65. The van der Waals surface area contributed by atoms with Crippen molar-refractivity contribution in [1.82, 2.24) is 10.2 Å². The van der Waals surface area contributed by atoms with Crippen molar-refractivity contribution in [3.8, 4) is 0 Å². The molecule has 0 saturated carbocycles. The van der Waals surface area contributed by atoms with Gasteiger partial charge in [0.1, 0.15) is 22.3 Å². The number of alkyl halides is 2. The SMILES string of the molecule is CON=C(C(=O)NC1C(=O)N2C=C(C(=O)O)CS[C@H]12)C(=O)C(Br)Br. The van der Waals surface area contributed by atoms with Gasteiger partial charge in [0.2, 0.25) is 11.5 Å². The molecule has 2 N–H and O–H groups in total. The first kappa shape index (κ1) is 18.9. The number of ketones is 1. The molecule has 1 fully saturated rings. The first-order valence-corrected chi connectivity index (χ1v) is 9.28. The van der Waals surface area contributed by atoms with Crippen LogP contribution in [0, 0.1) is 0 Å². The predicted molar refractivity (Wildman–Crippen MR) is 91.8 cm³/mol. The Balaban J connectivity index is 2.09. The summed E-state index contributed by atoms with van der Waals surface area (Å²) in [6.07, 6.45) is 1.26. The third-order valence-electron chi connectivity index (χ3n) is 3.17. The monoisotopic (exact) mass is 483 g/mol. The van der Waals surface area contributed by atoms with Gasteiger partial charge in [0.05, 0.1) is 5.57 Å². The van der Waals surface area contributed by atoms with E-state index in [4.69, 9.17) is 5.11 Å². The summed E-state index contributed by atoms with van der Waals surface area (Å²) in [5, 5.41) is 14.3. The minimum Gasteiger partial charge on any atom is -0.478 e. The number of fused-ring (bicyclic) bond motifs is 1. The number of thioether (sulfide) groups is 1. The van der Waals surface area contributed by atoms with Crippen LogP contribution in [0.5, 0.6) is 0 Å². The number of amides is 2. The molecule has 9 nitrogen and oxygen atoms in total. The molecule has 0 aromatic rings. The van der Waals surface area contributed by atoms with Gasteiger partial charge < -0.3 is 20.2 Å². The fourth-order valence-electron chi connectivity index (χ4n) is 2.03. The average Bonchev–Trinajstić information content (AvgIpc) is 2.55. The normalized spacial score (nSPS) is 23.2. The van der Waals surface area contributed by atoms with Crippen molar-refractivity contribution < 1.29 is 29.1 Å².